The van der Waals surface area contributed by atoms with Crippen molar-refractivity contribution >= 4 is 16.5 Å². The van der Waals surface area contributed by atoms with E-state index < -0.39 is 0 Å². The van der Waals surface area contributed by atoms with Gasteiger partial charge in [0.1, 0.15) is 0 Å². The fourth-order valence-electron chi connectivity index (χ4n) is 2.91. The molecule has 25 heavy (non-hydrogen) atoms. The molecule has 0 aromatic carbocycles. The minimum absolute atomic E-state index is 0.575. The Morgan fingerprint density at radius 1 is 1.24 bits per heavy atom. The van der Waals surface area contributed by atoms with Crippen molar-refractivity contribution in [3.63, 3.8) is 0 Å². The number of nitrogens with zero attached hydrogens (tertiary/aromatic N) is 6. The quantitative estimate of drug-likeness (QED) is 0.672. The summed E-state index contributed by atoms with van der Waals surface area (Å²) in [7, 11) is 2.04. The molecule has 3 aromatic heterocycles. The summed E-state index contributed by atoms with van der Waals surface area (Å²) < 4.78 is 5.36. The summed E-state index contributed by atoms with van der Waals surface area (Å²) in [6.45, 7) is 3.67. The van der Waals surface area contributed by atoms with Crippen LogP contribution in [0.2, 0.25) is 0 Å². The van der Waals surface area contributed by atoms with Crippen LogP contribution < -0.4 is 4.90 Å². The lowest BCUT2D eigenvalue weighted by Gasteiger charge is -2.13. The van der Waals surface area contributed by atoms with Crippen molar-refractivity contribution in [2.24, 2.45) is 0 Å². The lowest BCUT2D eigenvalue weighted by atomic mass is 10.3. The fraction of sp³-hybridized carbons (Fsp3) is 0.412. The number of rotatable bonds is 6. The predicted octanol–water partition coefficient (Wildman–Crippen LogP) is 2.82. The van der Waals surface area contributed by atoms with Gasteiger partial charge in [0, 0.05) is 48.7 Å². The van der Waals surface area contributed by atoms with Crippen LogP contribution in [0.4, 0.5) is 5.13 Å². The molecule has 0 unspecified atom stereocenters. The van der Waals surface area contributed by atoms with E-state index in [-0.39, 0.29) is 0 Å². The summed E-state index contributed by atoms with van der Waals surface area (Å²) in [4.78, 5) is 18.9. The van der Waals surface area contributed by atoms with Gasteiger partial charge in [-0.25, -0.2) is 4.98 Å². The highest BCUT2D eigenvalue weighted by Crippen LogP contribution is 2.26. The van der Waals surface area contributed by atoms with E-state index in [1.165, 1.54) is 17.7 Å². The molecule has 3 aromatic rings. The number of thiazole rings is 1. The average Bonchev–Trinajstić information content (AvgIpc) is 3.37. The minimum atomic E-state index is 0.575. The minimum Gasteiger partial charge on any atom is -0.348 e. The Balaban J connectivity index is 1.36. The van der Waals surface area contributed by atoms with Gasteiger partial charge in [0.15, 0.2) is 5.13 Å². The Labute approximate surface area is 150 Å². The SMILES string of the molecule is CN(Cc1nc(-c2cccnc2)no1)Cc1cnc(N2CCCC2)s1. The van der Waals surface area contributed by atoms with E-state index in [0.29, 0.717) is 18.3 Å². The molecule has 0 saturated carbocycles. The third-order valence-corrected chi connectivity index (χ3v) is 5.18. The molecule has 4 heterocycles. The molecule has 0 atom stereocenters. The number of hydrogen-bond acceptors (Lipinski definition) is 8. The molecule has 1 aliphatic heterocycles. The van der Waals surface area contributed by atoms with Crippen LogP contribution in [0.5, 0.6) is 0 Å². The molecule has 0 bridgehead atoms. The monoisotopic (exact) mass is 356 g/mol. The molecule has 0 radical (unpaired) electrons. The van der Waals surface area contributed by atoms with Gasteiger partial charge in [0.2, 0.25) is 11.7 Å². The van der Waals surface area contributed by atoms with E-state index in [0.717, 1.165) is 30.3 Å². The van der Waals surface area contributed by atoms with Crippen LogP contribution in [-0.4, -0.2) is 45.1 Å². The van der Waals surface area contributed by atoms with Gasteiger partial charge in [-0.15, -0.1) is 11.3 Å². The lowest BCUT2D eigenvalue weighted by molar-refractivity contribution is 0.262. The highest BCUT2D eigenvalue weighted by Gasteiger charge is 2.17. The first-order valence-electron chi connectivity index (χ1n) is 8.39. The summed E-state index contributed by atoms with van der Waals surface area (Å²) in [6, 6.07) is 3.78. The molecular weight excluding hydrogens is 336 g/mol. The second-order valence-electron chi connectivity index (χ2n) is 6.23. The Kier molecular flexibility index (Phi) is 4.71. The number of pyridine rings is 1. The van der Waals surface area contributed by atoms with Crippen molar-refractivity contribution < 1.29 is 4.52 Å². The van der Waals surface area contributed by atoms with Gasteiger partial charge in [0.25, 0.3) is 0 Å². The van der Waals surface area contributed by atoms with Crippen LogP contribution >= 0.6 is 11.3 Å². The Hall–Kier alpha value is -2.32. The van der Waals surface area contributed by atoms with Crippen LogP contribution in [0.25, 0.3) is 11.4 Å². The second-order valence-corrected chi connectivity index (χ2v) is 7.32. The van der Waals surface area contributed by atoms with Crippen LogP contribution in [0.3, 0.4) is 0 Å². The highest BCUT2D eigenvalue weighted by atomic mass is 32.1. The zero-order valence-corrected chi connectivity index (χ0v) is 14.9. The first-order valence-corrected chi connectivity index (χ1v) is 9.21. The molecule has 0 aliphatic carbocycles. The van der Waals surface area contributed by atoms with E-state index >= 15 is 0 Å². The van der Waals surface area contributed by atoms with Gasteiger partial charge < -0.3 is 9.42 Å². The van der Waals surface area contributed by atoms with Crippen LogP contribution in [0.15, 0.2) is 35.2 Å². The van der Waals surface area contributed by atoms with Crippen molar-refractivity contribution in [1.82, 2.24) is 25.0 Å². The standard InChI is InChI=1S/C17H20N6OS/c1-22(11-14-10-19-17(25-14)23-7-2-3-8-23)12-15-20-16(21-24-15)13-5-4-6-18-9-13/h4-6,9-10H,2-3,7-8,11-12H2,1H3. The number of anilines is 1. The van der Waals surface area contributed by atoms with Gasteiger partial charge in [-0.2, -0.15) is 4.98 Å². The van der Waals surface area contributed by atoms with Crippen molar-refractivity contribution in [3.05, 3.63) is 41.5 Å². The molecule has 1 fully saturated rings. The summed E-state index contributed by atoms with van der Waals surface area (Å²) in [5, 5.41) is 5.17. The van der Waals surface area contributed by atoms with Gasteiger partial charge >= 0.3 is 0 Å². The fourth-order valence-corrected chi connectivity index (χ4v) is 3.95. The van der Waals surface area contributed by atoms with Crippen LogP contribution in [0, 0.1) is 0 Å². The van der Waals surface area contributed by atoms with Gasteiger partial charge in [-0.1, -0.05) is 5.16 Å². The number of hydrogen-bond donors (Lipinski definition) is 0. The van der Waals surface area contributed by atoms with E-state index in [1.54, 1.807) is 23.7 Å². The average molecular weight is 356 g/mol. The van der Waals surface area contributed by atoms with E-state index in [2.05, 4.69) is 29.9 Å². The van der Waals surface area contributed by atoms with Crippen LogP contribution in [0.1, 0.15) is 23.6 Å². The smallest absolute Gasteiger partial charge is 0.241 e. The molecule has 4 rings (SSSR count). The third-order valence-electron chi connectivity index (χ3n) is 4.14. The van der Waals surface area contributed by atoms with E-state index in [9.17, 15) is 0 Å². The van der Waals surface area contributed by atoms with Gasteiger partial charge in [-0.3, -0.25) is 9.88 Å². The summed E-state index contributed by atoms with van der Waals surface area (Å²) >= 11 is 1.77. The van der Waals surface area contributed by atoms with Crippen molar-refractivity contribution in [2.45, 2.75) is 25.9 Å². The summed E-state index contributed by atoms with van der Waals surface area (Å²) in [5.74, 6) is 1.18. The summed E-state index contributed by atoms with van der Waals surface area (Å²) in [5.41, 5.74) is 0.859. The van der Waals surface area contributed by atoms with Crippen LogP contribution in [-0.2, 0) is 13.1 Å². The van der Waals surface area contributed by atoms with Crippen molar-refractivity contribution in [2.75, 3.05) is 25.0 Å². The first kappa shape index (κ1) is 16.2. The molecule has 8 heteroatoms. The van der Waals surface area contributed by atoms with Gasteiger partial charge in [-0.05, 0) is 32.0 Å². The topological polar surface area (TPSA) is 71.2 Å². The maximum Gasteiger partial charge on any atom is 0.241 e. The van der Waals surface area contributed by atoms with E-state index in [4.69, 9.17) is 4.52 Å². The molecule has 1 aliphatic rings. The molecule has 0 amide bonds. The molecular formula is C17H20N6OS. The Morgan fingerprint density at radius 3 is 2.92 bits per heavy atom. The largest absolute Gasteiger partial charge is 0.348 e. The van der Waals surface area contributed by atoms with Gasteiger partial charge in [0.05, 0.1) is 6.54 Å². The van der Waals surface area contributed by atoms with Crippen molar-refractivity contribution in [3.8, 4) is 11.4 Å². The molecule has 130 valence electrons. The normalized spacial score (nSPS) is 14.6. The molecule has 0 spiro atoms. The predicted molar refractivity (Wildman–Crippen MR) is 96.3 cm³/mol. The number of aromatic nitrogens is 4. The van der Waals surface area contributed by atoms with Crippen molar-refractivity contribution in [1.29, 1.82) is 0 Å². The maximum absolute atomic E-state index is 5.36. The lowest BCUT2D eigenvalue weighted by Crippen LogP contribution is -2.17. The zero-order valence-electron chi connectivity index (χ0n) is 14.1. The molecule has 0 N–H and O–H groups in total. The molecule has 1 saturated heterocycles. The zero-order chi connectivity index (χ0) is 17.1. The summed E-state index contributed by atoms with van der Waals surface area (Å²) in [6.07, 6.45) is 7.97. The highest BCUT2D eigenvalue weighted by molar-refractivity contribution is 7.15. The molecule has 7 nitrogen and oxygen atoms in total. The Morgan fingerprint density at radius 2 is 2.12 bits per heavy atom. The van der Waals surface area contributed by atoms with E-state index in [1.807, 2.05) is 25.4 Å². The maximum atomic E-state index is 5.36. The first-order chi connectivity index (χ1) is 12.3. The Bertz CT molecular complexity index is 811. The second kappa shape index (κ2) is 7.28. The third kappa shape index (κ3) is 3.85.